The van der Waals surface area contributed by atoms with Gasteiger partial charge in [0.2, 0.25) is 0 Å². The van der Waals surface area contributed by atoms with E-state index in [9.17, 15) is 0 Å². The van der Waals surface area contributed by atoms with Crippen LogP contribution < -0.4 is 5.32 Å². The molecule has 0 rings (SSSR count). The summed E-state index contributed by atoms with van der Waals surface area (Å²) in [5.74, 6) is 0. The molecule has 0 saturated carbocycles. The van der Waals surface area contributed by atoms with E-state index in [0.717, 1.165) is 13.1 Å². The van der Waals surface area contributed by atoms with Crippen LogP contribution in [0.3, 0.4) is 0 Å². The average Bonchev–Trinajstić information content (AvgIpc) is 2.17. The molecule has 98 valence electrons. The predicted molar refractivity (Wildman–Crippen MR) is 73.0 cm³/mol. The van der Waals surface area contributed by atoms with Crippen molar-refractivity contribution >= 4 is 0 Å². The van der Waals surface area contributed by atoms with Crippen molar-refractivity contribution in [3.8, 4) is 0 Å². The van der Waals surface area contributed by atoms with Crippen molar-refractivity contribution < 1.29 is 0 Å². The standard InChI is InChI=1S/C13H31N3/c1-7-13(2,3)14-9-12-16(6)11-8-10-15(4)5/h14H,7-12H2,1-6H3. The van der Waals surface area contributed by atoms with Gasteiger partial charge in [-0.25, -0.2) is 0 Å². The van der Waals surface area contributed by atoms with Gasteiger partial charge < -0.3 is 15.1 Å². The van der Waals surface area contributed by atoms with Gasteiger partial charge in [-0.15, -0.1) is 0 Å². The minimum Gasteiger partial charge on any atom is -0.311 e. The first-order valence-corrected chi connectivity index (χ1v) is 6.45. The van der Waals surface area contributed by atoms with Gasteiger partial charge in [-0.1, -0.05) is 6.92 Å². The molecule has 0 unspecified atom stereocenters. The Balaban J connectivity index is 3.47. The van der Waals surface area contributed by atoms with Gasteiger partial charge >= 0.3 is 0 Å². The second kappa shape index (κ2) is 8.04. The van der Waals surface area contributed by atoms with Gasteiger partial charge in [0.25, 0.3) is 0 Å². The Hall–Kier alpha value is -0.120. The third-order valence-electron chi connectivity index (χ3n) is 3.13. The van der Waals surface area contributed by atoms with E-state index in [2.05, 4.69) is 57.0 Å². The average molecular weight is 229 g/mol. The minimum atomic E-state index is 0.282. The summed E-state index contributed by atoms with van der Waals surface area (Å²) in [6.07, 6.45) is 2.43. The van der Waals surface area contributed by atoms with Crippen LogP contribution in [-0.2, 0) is 0 Å². The van der Waals surface area contributed by atoms with Gasteiger partial charge in [-0.3, -0.25) is 0 Å². The summed E-state index contributed by atoms with van der Waals surface area (Å²) in [5.41, 5.74) is 0.282. The molecule has 3 heteroatoms. The molecule has 0 aromatic heterocycles. The number of nitrogens with zero attached hydrogens (tertiary/aromatic N) is 2. The number of nitrogens with one attached hydrogen (secondary N) is 1. The van der Waals surface area contributed by atoms with Crippen LogP contribution in [-0.4, -0.2) is 62.7 Å². The Morgan fingerprint density at radius 1 is 1.00 bits per heavy atom. The molecule has 0 aromatic rings. The predicted octanol–water partition coefficient (Wildman–Crippen LogP) is 1.65. The molecule has 16 heavy (non-hydrogen) atoms. The van der Waals surface area contributed by atoms with Crippen LogP contribution in [0.25, 0.3) is 0 Å². The second-order valence-corrected chi connectivity index (χ2v) is 5.62. The zero-order valence-corrected chi connectivity index (χ0v) is 12.1. The largest absolute Gasteiger partial charge is 0.311 e. The van der Waals surface area contributed by atoms with Gasteiger partial charge in [0, 0.05) is 18.6 Å². The van der Waals surface area contributed by atoms with E-state index in [4.69, 9.17) is 0 Å². The number of hydrogen-bond donors (Lipinski definition) is 1. The monoisotopic (exact) mass is 229 g/mol. The lowest BCUT2D eigenvalue weighted by Gasteiger charge is -2.26. The number of likely N-dealkylation sites (N-methyl/N-ethyl adjacent to an activating group) is 1. The van der Waals surface area contributed by atoms with Crippen molar-refractivity contribution in [1.29, 1.82) is 0 Å². The molecule has 0 amide bonds. The molecular formula is C13H31N3. The van der Waals surface area contributed by atoms with Gasteiger partial charge in [-0.05, 0) is 60.9 Å². The van der Waals surface area contributed by atoms with Gasteiger partial charge in [-0.2, -0.15) is 0 Å². The highest BCUT2D eigenvalue weighted by Crippen LogP contribution is 2.05. The first-order valence-electron chi connectivity index (χ1n) is 6.45. The smallest absolute Gasteiger partial charge is 0.0123 e. The molecule has 0 aromatic carbocycles. The first-order chi connectivity index (χ1) is 7.37. The summed E-state index contributed by atoms with van der Waals surface area (Å²) in [6.45, 7) is 11.3. The van der Waals surface area contributed by atoms with Crippen molar-refractivity contribution in [3.63, 3.8) is 0 Å². The normalized spacial score (nSPS) is 12.8. The van der Waals surface area contributed by atoms with Crippen LogP contribution in [0.2, 0.25) is 0 Å². The molecule has 0 aliphatic rings. The maximum Gasteiger partial charge on any atom is 0.0123 e. The highest BCUT2D eigenvalue weighted by Gasteiger charge is 2.12. The van der Waals surface area contributed by atoms with Crippen molar-refractivity contribution in [2.75, 3.05) is 47.3 Å². The summed E-state index contributed by atoms with van der Waals surface area (Å²) in [5, 5.41) is 3.59. The van der Waals surface area contributed by atoms with Crippen molar-refractivity contribution in [2.24, 2.45) is 0 Å². The van der Waals surface area contributed by atoms with Crippen LogP contribution in [0, 0.1) is 0 Å². The van der Waals surface area contributed by atoms with Crippen molar-refractivity contribution in [1.82, 2.24) is 15.1 Å². The summed E-state index contributed by atoms with van der Waals surface area (Å²) in [7, 11) is 6.47. The topological polar surface area (TPSA) is 18.5 Å². The molecular weight excluding hydrogens is 198 g/mol. The van der Waals surface area contributed by atoms with E-state index >= 15 is 0 Å². The Labute approximate surface area is 102 Å². The molecule has 0 radical (unpaired) electrons. The maximum atomic E-state index is 3.59. The number of hydrogen-bond acceptors (Lipinski definition) is 3. The van der Waals surface area contributed by atoms with Gasteiger partial charge in [0.15, 0.2) is 0 Å². The SMILES string of the molecule is CCC(C)(C)NCCN(C)CCCN(C)C. The number of rotatable bonds is 9. The highest BCUT2D eigenvalue weighted by atomic mass is 15.1. The molecule has 0 heterocycles. The molecule has 0 saturated heterocycles. The quantitative estimate of drug-likeness (QED) is 0.648. The molecule has 0 aliphatic heterocycles. The second-order valence-electron chi connectivity index (χ2n) is 5.62. The zero-order chi connectivity index (χ0) is 12.6. The van der Waals surface area contributed by atoms with Crippen LogP contribution in [0.4, 0.5) is 0 Å². The third kappa shape index (κ3) is 9.13. The zero-order valence-electron chi connectivity index (χ0n) is 12.1. The molecule has 1 N–H and O–H groups in total. The van der Waals surface area contributed by atoms with E-state index in [1.807, 2.05) is 0 Å². The molecule has 0 aliphatic carbocycles. The molecule has 0 atom stereocenters. The molecule has 0 bridgehead atoms. The summed E-state index contributed by atoms with van der Waals surface area (Å²) in [4.78, 5) is 4.65. The van der Waals surface area contributed by atoms with E-state index in [1.165, 1.54) is 25.9 Å². The van der Waals surface area contributed by atoms with Gasteiger partial charge in [0.1, 0.15) is 0 Å². The van der Waals surface area contributed by atoms with Crippen molar-refractivity contribution in [3.05, 3.63) is 0 Å². The van der Waals surface area contributed by atoms with Crippen LogP contribution in [0.1, 0.15) is 33.6 Å². The summed E-state index contributed by atoms with van der Waals surface area (Å²) < 4.78 is 0. The van der Waals surface area contributed by atoms with Crippen LogP contribution >= 0.6 is 0 Å². The first kappa shape index (κ1) is 15.9. The van der Waals surface area contributed by atoms with Crippen molar-refractivity contribution in [2.45, 2.75) is 39.2 Å². The third-order valence-corrected chi connectivity index (χ3v) is 3.13. The van der Waals surface area contributed by atoms with E-state index in [1.54, 1.807) is 0 Å². The fourth-order valence-corrected chi connectivity index (χ4v) is 1.48. The lowest BCUT2D eigenvalue weighted by molar-refractivity contribution is 0.280. The van der Waals surface area contributed by atoms with E-state index in [0.29, 0.717) is 0 Å². The fourth-order valence-electron chi connectivity index (χ4n) is 1.48. The Morgan fingerprint density at radius 3 is 2.12 bits per heavy atom. The maximum absolute atomic E-state index is 3.59. The Kier molecular flexibility index (Phi) is 7.98. The van der Waals surface area contributed by atoms with Crippen LogP contribution in [0.15, 0.2) is 0 Å². The Morgan fingerprint density at radius 2 is 1.62 bits per heavy atom. The lowest BCUT2D eigenvalue weighted by atomic mass is 10.0. The minimum absolute atomic E-state index is 0.282. The molecule has 0 spiro atoms. The molecule has 3 nitrogen and oxygen atoms in total. The molecule has 0 fully saturated rings. The fraction of sp³-hybridized carbons (Fsp3) is 1.00. The highest BCUT2D eigenvalue weighted by molar-refractivity contribution is 4.75. The summed E-state index contributed by atoms with van der Waals surface area (Å²) in [6, 6.07) is 0. The lowest BCUT2D eigenvalue weighted by Crippen LogP contribution is -2.42. The Bertz CT molecular complexity index is 167. The van der Waals surface area contributed by atoms with Gasteiger partial charge in [0.05, 0.1) is 0 Å². The van der Waals surface area contributed by atoms with Crippen LogP contribution in [0.5, 0.6) is 0 Å². The summed E-state index contributed by atoms with van der Waals surface area (Å²) >= 11 is 0. The van der Waals surface area contributed by atoms with E-state index in [-0.39, 0.29) is 5.54 Å². The van der Waals surface area contributed by atoms with E-state index < -0.39 is 0 Å².